The summed E-state index contributed by atoms with van der Waals surface area (Å²) in [6.07, 6.45) is 0. The van der Waals surface area contributed by atoms with Crippen LogP contribution in [-0.2, 0) is 16.9 Å². The van der Waals surface area contributed by atoms with Crippen LogP contribution in [0.3, 0.4) is 0 Å². The molecular formula is C17H17N5O3S. The Bertz CT molecular complexity index is 1060. The minimum absolute atomic E-state index is 0.0219. The van der Waals surface area contributed by atoms with E-state index in [0.29, 0.717) is 11.5 Å². The summed E-state index contributed by atoms with van der Waals surface area (Å²) in [5, 5.41) is 14.0. The number of carbonyl (C=O) groups excluding carboxylic acids is 1. The maximum absolute atomic E-state index is 12.6. The van der Waals surface area contributed by atoms with E-state index in [4.69, 9.17) is 0 Å². The van der Waals surface area contributed by atoms with Gasteiger partial charge in [0, 0.05) is 18.3 Å². The molecule has 1 heterocycles. The van der Waals surface area contributed by atoms with E-state index in [2.05, 4.69) is 20.8 Å². The summed E-state index contributed by atoms with van der Waals surface area (Å²) in [7, 11) is -1.79. The van der Waals surface area contributed by atoms with Crippen LogP contribution in [0.15, 0.2) is 53.4 Å². The minimum atomic E-state index is -3.51. The van der Waals surface area contributed by atoms with Crippen molar-refractivity contribution in [1.82, 2.24) is 20.2 Å². The highest BCUT2D eigenvalue weighted by Gasteiger charge is 2.20. The Hall–Kier alpha value is -3.07. The number of rotatable bonds is 5. The molecule has 9 heteroatoms. The van der Waals surface area contributed by atoms with Gasteiger partial charge in [0.1, 0.15) is 0 Å². The zero-order chi connectivity index (χ0) is 18.7. The van der Waals surface area contributed by atoms with Gasteiger partial charge in [-0.2, -0.15) is 0 Å². The van der Waals surface area contributed by atoms with Gasteiger partial charge < -0.3 is 5.32 Å². The third-order valence-electron chi connectivity index (χ3n) is 3.85. The van der Waals surface area contributed by atoms with E-state index in [1.165, 1.54) is 16.8 Å². The van der Waals surface area contributed by atoms with Gasteiger partial charge in [-0.15, -0.1) is 5.10 Å². The smallest absolute Gasteiger partial charge is 0.256 e. The van der Waals surface area contributed by atoms with E-state index in [0.717, 1.165) is 5.56 Å². The Morgan fingerprint density at radius 2 is 1.92 bits per heavy atom. The Morgan fingerprint density at radius 3 is 2.62 bits per heavy atom. The molecule has 0 spiro atoms. The molecule has 1 N–H and O–H groups in total. The lowest BCUT2D eigenvalue weighted by Gasteiger charge is -2.10. The lowest BCUT2D eigenvalue weighted by molar-refractivity contribution is 0.102. The van der Waals surface area contributed by atoms with Crippen molar-refractivity contribution in [3.63, 3.8) is 0 Å². The Morgan fingerprint density at radius 1 is 1.15 bits per heavy atom. The predicted octanol–water partition coefficient (Wildman–Crippen LogP) is 1.92. The number of hydrogen-bond donors (Lipinski definition) is 1. The number of amides is 1. The van der Waals surface area contributed by atoms with Crippen molar-refractivity contribution in [1.29, 1.82) is 0 Å². The molecule has 3 rings (SSSR count). The number of aromatic nitrogens is 4. The summed E-state index contributed by atoms with van der Waals surface area (Å²) in [5.74, 6) is -0.0210. The zero-order valence-corrected chi connectivity index (χ0v) is 15.1. The molecule has 0 aliphatic heterocycles. The van der Waals surface area contributed by atoms with E-state index >= 15 is 0 Å². The number of anilines is 1. The van der Waals surface area contributed by atoms with Crippen molar-refractivity contribution in [2.24, 2.45) is 7.05 Å². The van der Waals surface area contributed by atoms with Crippen LogP contribution in [0.25, 0.3) is 11.4 Å². The fraction of sp³-hybridized carbons (Fsp3) is 0.176. The third-order valence-corrected chi connectivity index (χ3v) is 5.63. The fourth-order valence-electron chi connectivity index (χ4n) is 2.49. The van der Waals surface area contributed by atoms with Crippen molar-refractivity contribution in [2.45, 2.75) is 11.8 Å². The molecule has 0 saturated heterocycles. The lowest BCUT2D eigenvalue weighted by Crippen LogP contribution is -2.17. The fourth-order valence-corrected chi connectivity index (χ4v) is 3.58. The van der Waals surface area contributed by atoms with E-state index in [1.54, 1.807) is 44.3 Å². The second-order valence-corrected chi connectivity index (χ2v) is 7.81. The second-order valence-electron chi connectivity index (χ2n) is 5.56. The molecule has 8 nitrogen and oxygen atoms in total. The van der Waals surface area contributed by atoms with Crippen molar-refractivity contribution in [3.05, 3.63) is 54.1 Å². The van der Waals surface area contributed by atoms with Crippen LogP contribution in [0.4, 0.5) is 5.69 Å². The maximum atomic E-state index is 12.6. The number of nitrogens with one attached hydrogen (secondary N) is 1. The molecule has 0 aliphatic carbocycles. The summed E-state index contributed by atoms with van der Waals surface area (Å²) >= 11 is 0. The zero-order valence-electron chi connectivity index (χ0n) is 14.2. The van der Waals surface area contributed by atoms with Crippen molar-refractivity contribution >= 4 is 21.4 Å². The number of tetrazole rings is 1. The van der Waals surface area contributed by atoms with Crippen LogP contribution in [0.5, 0.6) is 0 Å². The van der Waals surface area contributed by atoms with Crippen LogP contribution in [0, 0.1) is 0 Å². The van der Waals surface area contributed by atoms with Crippen LogP contribution >= 0.6 is 0 Å². The number of aryl methyl sites for hydroxylation is 1. The first kappa shape index (κ1) is 17.7. The predicted molar refractivity (Wildman–Crippen MR) is 96.4 cm³/mol. The minimum Gasteiger partial charge on any atom is -0.322 e. The van der Waals surface area contributed by atoms with Gasteiger partial charge in [-0.3, -0.25) is 4.79 Å². The Kier molecular flexibility index (Phi) is 4.81. The molecule has 0 bridgehead atoms. The van der Waals surface area contributed by atoms with Gasteiger partial charge in [-0.25, -0.2) is 13.1 Å². The van der Waals surface area contributed by atoms with Gasteiger partial charge in [-0.05, 0) is 34.7 Å². The van der Waals surface area contributed by atoms with Gasteiger partial charge in [0.05, 0.1) is 16.2 Å². The molecular weight excluding hydrogens is 354 g/mol. The summed E-state index contributed by atoms with van der Waals surface area (Å²) in [4.78, 5) is 12.7. The van der Waals surface area contributed by atoms with Crippen LogP contribution < -0.4 is 5.32 Å². The number of hydrogen-bond acceptors (Lipinski definition) is 6. The van der Waals surface area contributed by atoms with Gasteiger partial charge in [0.25, 0.3) is 5.91 Å². The molecule has 2 aromatic carbocycles. The second kappa shape index (κ2) is 7.04. The Balaban J connectivity index is 1.92. The average molecular weight is 371 g/mol. The number of carbonyl (C=O) groups is 1. The van der Waals surface area contributed by atoms with E-state index in [9.17, 15) is 13.2 Å². The highest BCUT2D eigenvalue weighted by molar-refractivity contribution is 7.91. The van der Waals surface area contributed by atoms with Gasteiger partial charge in [0.15, 0.2) is 15.7 Å². The highest BCUT2D eigenvalue weighted by Crippen LogP contribution is 2.22. The highest BCUT2D eigenvalue weighted by atomic mass is 32.2. The molecule has 26 heavy (non-hydrogen) atoms. The largest absolute Gasteiger partial charge is 0.322 e. The summed E-state index contributed by atoms with van der Waals surface area (Å²) in [6.45, 7) is 1.54. The molecule has 1 aromatic heterocycles. The first-order chi connectivity index (χ1) is 12.4. The standard InChI is InChI=1S/C17H17N5O3S/c1-3-26(24,25)15-10-5-4-9-14(15)17(23)18-13-8-6-7-12(11-13)16-19-20-21-22(16)2/h4-11H,3H2,1-2H3,(H,18,23). The third kappa shape index (κ3) is 3.47. The van der Waals surface area contributed by atoms with E-state index in [1.807, 2.05) is 6.07 Å². The van der Waals surface area contributed by atoms with Crippen LogP contribution in [-0.4, -0.2) is 40.3 Å². The first-order valence-electron chi connectivity index (χ1n) is 7.88. The van der Waals surface area contributed by atoms with Crippen molar-refractivity contribution in [3.8, 4) is 11.4 Å². The summed E-state index contributed by atoms with van der Waals surface area (Å²) in [6, 6.07) is 13.2. The maximum Gasteiger partial charge on any atom is 0.256 e. The number of benzene rings is 2. The van der Waals surface area contributed by atoms with Gasteiger partial charge >= 0.3 is 0 Å². The molecule has 1 amide bonds. The Labute approximate surface area is 150 Å². The molecule has 0 saturated carbocycles. The van der Waals surface area contributed by atoms with Crippen LogP contribution in [0.2, 0.25) is 0 Å². The van der Waals surface area contributed by atoms with E-state index in [-0.39, 0.29) is 16.2 Å². The first-order valence-corrected chi connectivity index (χ1v) is 9.53. The number of sulfone groups is 1. The molecule has 3 aromatic rings. The van der Waals surface area contributed by atoms with Gasteiger partial charge in [-0.1, -0.05) is 31.2 Å². The molecule has 0 radical (unpaired) electrons. The quantitative estimate of drug-likeness (QED) is 0.734. The molecule has 0 fully saturated rings. The molecule has 134 valence electrons. The normalized spacial score (nSPS) is 11.3. The monoisotopic (exact) mass is 371 g/mol. The van der Waals surface area contributed by atoms with Crippen molar-refractivity contribution in [2.75, 3.05) is 11.1 Å². The molecule has 0 atom stereocenters. The van der Waals surface area contributed by atoms with Gasteiger partial charge in [0.2, 0.25) is 0 Å². The lowest BCUT2D eigenvalue weighted by atomic mass is 10.1. The van der Waals surface area contributed by atoms with Crippen LogP contribution in [0.1, 0.15) is 17.3 Å². The van der Waals surface area contributed by atoms with E-state index < -0.39 is 15.7 Å². The average Bonchev–Trinajstić information content (AvgIpc) is 3.08. The summed E-state index contributed by atoms with van der Waals surface area (Å²) in [5.41, 5.74) is 1.35. The summed E-state index contributed by atoms with van der Waals surface area (Å²) < 4.78 is 26.0. The SMILES string of the molecule is CCS(=O)(=O)c1ccccc1C(=O)Nc1cccc(-c2nnnn2C)c1. The molecule has 0 unspecified atom stereocenters. The van der Waals surface area contributed by atoms with Crippen molar-refractivity contribution < 1.29 is 13.2 Å². The molecule has 0 aliphatic rings. The number of nitrogens with zero attached hydrogens (tertiary/aromatic N) is 4. The topological polar surface area (TPSA) is 107 Å².